The number of aryl methyl sites for hydroxylation is 1. The van der Waals surface area contributed by atoms with Crippen LogP contribution in [0.15, 0.2) is 84.9 Å². The molecule has 0 aliphatic heterocycles. The average molecular weight is 783 g/mol. The molecule has 0 heterocycles. The summed E-state index contributed by atoms with van der Waals surface area (Å²) in [7, 11) is 0. The molecule has 0 fully saturated rings. The minimum absolute atomic E-state index is 0. The standard InChI is InChI=1S/C27H29.C11H17.C9H10.2ClH.Zr/c1-16-7-9-26(3,4)24-12-18-11-19-13-25-21(17(2)8-10-27(25,5)6)15-23(19)22(18)14-20(16)24;1-5-9-6-7-10(8-9)11(2,3)4;1-2-6-9-7-4-3-5-8-9;;;/h7-9,12-15H,10-11H2,1-6H3;6-8H,5H2,1-4H3;3-5,7-8H,2H2,1H3;2*1H;/q2*-1;;;;+2/p-2. The van der Waals surface area contributed by atoms with Gasteiger partial charge in [0.2, 0.25) is 0 Å². The number of rotatable bonds is 3. The first kappa shape index (κ1) is 42.1. The Morgan fingerprint density at radius 3 is 1.88 bits per heavy atom. The van der Waals surface area contributed by atoms with E-state index >= 15 is 0 Å². The van der Waals surface area contributed by atoms with Crippen LogP contribution in [-0.2, 0) is 53.3 Å². The van der Waals surface area contributed by atoms with E-state index < -0.39 is 0 Å². The van der Waals surface area contributed by atoms with E-state index in [1.165, 1.54) is 103 Å². The van der Waals surface area contributed by atoms with Gasteiger partial charge in [-0.15, -0.1) is 12.5 Å². The first-order valence-corrected chi connectivity index (χ1v) is 19.2. The van der Waals surface area contributed by atoms with E-state index in [0.717, 1.165) is 19.3 Å². The molecule has 0 saturated carbocycles. The van der Waals surface area contributed by atoms with Gasteiger partial charge in [-0.3, -0.25) is 0 Å². The van der Waals surface area contributed by atoms with Crippen LogP contribution in [-0.4, -0.2) is 3.21 Å². The minimum atomic E-state index is 0. The van der Waals surface area contributed by atoms with Gasteiger partial charge in [0.1, 0.15) is 0 Å². The van der Waals surface area contributed by atoms with Gasteiger partial charge in [-0.05, 0) is 70.2 Å². The van der Waals surface area contributed by atoms with Crippen molar-refractivity contribution in [2.24, 2.45) is 0 Å². The molecule has 3 heteroatoms. The fourth-order valence-corrected chi connectivity index (χ4v) is 7.61. The summed E-state index contributed by atoms with van der Waals surface area (Å²) < 4.78 is 1.55. The van der Waals surface area contributed by atoms with Crippen molar-refractivity contribution in [1.29, 1.82) is 0 Å². The molecule has 264 valence electrons. The molecule has 4 aromatic rings. The Morgan fingerprint density at radius 1 is 0.780 bits per heavy atom. The van der Waals surface area contributed by atoms with E-state index in [0.29, 0.717) is 5.41 Å². The van der Waals surface area contributed by atoms with Gasteiger partial charge in [0.25, 0.3) is 0 Å². The van der Waals surface area contributed by atoms with E-state index in [9.17, 15) is 0 Å². The molecule has 0 aromatic heterocycles. The summed E-state index contributed by atoms with van der Waals surface area (Å²) in [5.41, 5.74) is 19.6. The van der Waals surface area contributed by atoms with Crippen LogP contribution in [0.1, 0.15) is 139 Å². The van der Waals surface area contributed by atoms with Crippen molar-refractivity contribution >= 4 is 14.4 Å². The Balaban J connectivity index is 0.000000244. The Bertz CT molecular complexity index is 1790. The van der Waals surface area contributed by atoms with E-state index in [4.69, 9.17) is 0 Å². The second kappa shape index (κ2) is 16.6. The summed E-state index contributed by atoms with van der Waals surface area (Å²) >= 11 is 1.54. The first-order valence-electron chi connectivity index (χ1n) is 18.0. The molecule has 4 aromatic carbocycles. The van der Waals surface area contributed by atoms with Crippen molar-refractivity contribution < 1.29 is 49.0 Å². The summed E-state index contributed by atoms with van der Waals surface area (Å²) in [6.45, 7) is 25.1. The van der Waals surface area contributed by atoms with Crippen LogP contribution >= 0.6 is 0 Å². The zero-order valence-electron chi connectivity index (χ0n) is 32.2. The number of fused-ring (bicyclic) bond motifs is 5. The van der Waals surface area contributed by atoms with E-state index in [1.807, 2.05) is 0 Å². The van der Waals surface area contributed by atoms with Gasteiger partial charge in [-0.1, -0.05) is 102 Å². The summed E-state index contributed by atoms with van der Waals surface area (Å²) in [6.07, 6.45) is 11.6. The molecule has 0 saturated heterocycles. The number of allylic oxidation sites excluding steroid dienone is 4. The molecule has 0 spiro atoms. The molecule has 3 aliphatic rings. The third-order valence-electron chi connectivity index (χ3n) is 10.7. The fourth-order valence-electron chi connectivity index (χ4n) is 7.20. The van der Waals surface area contributed by atoms with Crippen molar-refractivity contribution in [3.05, 3.63) is 141 Å². The zero-order chi connectivity index (χ0) is 35.0. The number of benzene rings is 3. The maximum atomic E-state index is 2.51. The molecule has 0 atom stereocenters. The van der Waals surface area contributed by atoms with Crippen molar-refractivity contribution in [2.75, 3.05) is 0 Å². The Kier molecular flexibility index (Phi) is 14.0. The molecule has 0 unspecified atom stereocenters. The maximum Gasteiger partial charge on any atom is -0.0543 e. The third-order valence-corrected chi connectivity index (χ3v) is 12.2. The van der Waals surface area contributed by atoms with Crippen LogP contribution in [0.4, 0.5) is 0 Å². The van der Waals surface area contributed by atoms with Crippen LogP contribution in [0.3, 0.4) is 0 Å². The van der Waals surface area contributed by atoms with Crippen LogP contribution in [0.2, 0.25) is 0 Å². The Morgan fingerprint density at radius 2 is 1.36 bits per heavy atom. The Labute approximate surface area is 331 Å². The normalized spacial score (nSPS) is 15.6. The summed E-state index contributed by atoms with van der Waals surface area (Å²) in [5, 5.41) is 0. The Hall–Kier alpha value is -2.31. The van der Waals surface area contributed by atoms with E-state index in [1.54, 1.807) is 3.21 Å². The molecular formula is C47H56Cl2Zr-2. The second-order valence-corrected chi connectivity index (χ2v) is 17.8. The second-order valence-electron chi connectivity index (χ2n) is 16.3. The van der Waals surface area contributed by atoms with Gasteiger partial charge in [0.15, 0.2) is 0 Å². The molecule has 0 bridgehead atoms. The molecule has 0 radical (unpaired) electrons. The van der Waals surface area contributed by atoms with Crippen LogP contribution < -0.4 is 24.8 Å². The number of halogens is 2. The molecule has 0 N–H and O–H groups in total. The predicted octanol–water partition coefficient (Wildman–Crippen LogP) is 6.68. The van der Waals surface area contributed by atoms with Crippen molar-refractivity contribution in [3.8, 4) is 11.1 Å². The van der Waals surface area contributed by atoms with E-state index in [-0.39, 0.29) is 35.6 Å². The average Bonchev–Trinajstić information content (AvgIpc) is 3.69. The van der Waals surface area contributed by atoms with Gasteiger partial charge < -0.3 is 24.8 Å². The molecule has 0 amide bonds. The topological polar surface area (TPSA) is 0 Å². The summed E-state index contributed by atoms with van der Waals surface area (Å²) in [4.78, 5) is 0. The van der Waals surface area contributed by atoms with Gasteiger partial charge >= 0.3 is 76.7 Å². The maximum absolute atomic E-state index is 2.51. The SMILES string of the molecule is CC1=C[CH-]C(C)(C)c2cc3c(cc21)-c1cc2c(cc1C3)C(C)(C)CC=C2C.CC[C](=[Zr+2])c1ccccc1.CCc1cc(C(C)(C)C)c[cH-]1.[Cl-].[Cl-]. The van der Waals surface area contributed by atoms with Gasteiger partial charge in [0, 0.05) is 0 Å². The minimum Gasteiger partial charge on any atom is -1.00 e. The summed E-state index contributed by atoms with van der Waals surface area (Å²) in [5.74, 6) is 0. The van der Waals surface area contributed by atoms with Crippen molar-refractivity contribution in [2.45, 2.75) is 118 Å². The molecule has 0 nitrogen and oxygen atoms in total. The number of hydrogen-bond donors (Lipinski definition) is 0. The smallest absolute Gasteiger partial charge is 0.0543 e. The fraction of sp³-hybridized carbons (Fsp3) is 0.383. The number of hydrogen-bond acceptors (Lipinski definition) is 0. The van der Waals surface area contributed by atoms with Crippen molar-refractivity contribution in [1.82, 2.24) is 0 Å². The first-order chi connectivity index (χ1) is 22.6. The summed E-state index contributed by atoms with van der Waals surface area (Å²) in [6, 6.07) is 27.3. The monoisotopic (exact) mass is 780 g/mol. The molecule has 7 rings (SSSR count). The van der Waals surface area contributed by atoms with Gasteiger partial charge in [0.05, 0.1) is 0 Å². The molecule has 50 heavy (non-hydrogen) atoms. The predicted molar refractivity (Wildman–Crippen MR) is 208 cm³/mol. The van der Waals surface area contributed by atoms with Gasteiger partial charge in [-0.2, -0.15) is 28.8 Å². The van der Waals surface area contributed by atoms with Crippen LogP contribution in [0.25, 0.3) is 22.3 Å². The quantitative estimate of drug-likeness (QED) is 0.180. The van der Waals surface area contributed by atoms with Crippen molar-refractivity contribution in [3.63, 3.8) is 0 Å². The molecule has 3 aliphatic carbocycles. The largest absolute Gasteiger partial charge is 1.00 e. The van der Waals surface area contributed by atoms with Crippen LogP contribution in [0, 0.1) is 6.42 Å². The molecular weight excluding hydrogens is 727 g/mol. The van der Waals surface area contributed by atoms with E-state index in [2.05, 4.69) is 168 Å². The van der Waals surface area contributed by atoms with Crippen LogP contribution in [0.5, 0.6) is 0 Å². The van der Waals surface area contributed by atoms with Gasteiger partial charge in [-0.25, -0.2) is 18.6 Å². The third kappa shape index (κ3) is 9.00. The zero-order valence-corrected chi connectivity index (χ0v) is 36.2.